The maximum absolute atomic E-state index is 3.72. The fourth-order valence-electron chi connectivity index (χ4n) is 2.18. The molecule has 0 aliphatic rings. The van der Waals surface area contributed by atoms with Gasteiger partial charge in [0.2, 0.25) is 0 Å². The molecule has 0 saturated heterocycles. The molecule has 2 nitrogen and oxygen atoms in total. The zero-order chi connectivity index (χ0) is 24.0. The summed E-state index contributed by atoms with van der Waals surface area (Å²) in [4.78, 5) is 3.61. The van der Waals surface area contributed by atoms with Gasteiger partial charge in [0.1, 0.15) is 0 Å². The molecule has 172 valence electrons. The van der Waals surface area contributed by atoms with Crippen molar-refractivity contribution < 1.29 is 51.4 Å². The summed E-state index contributed by atoms with van der Waals surface area (Å²) in [6.07, 6.45) is 4.96. The first-order valence-electron chi connectivity index (χ1n) is 11.1. The van der Waals surface area contributed by atoms with E-state index in [1.165, 1.54) is 16.7 Å². The standard InChI is InChI=1S/C15H16N.C7H7.C5H10.C3H7N.K/c1-2-12-16-15-11-7-6-10-14(15)13-8-4-3-5-9-13;1-7-5-3-2-4-6-7;1-4-5(2)3;1-3-4-2;/h3-6,8-11,16H,2,12H2,1H3;2-6H,1H2;4H,1-3H3;3H,1-2H3;/q2*-1;;;+1. The molecule has 3 rings (SSSR count). The Kier molecular flexibility index (Phi) is 23.9. The molecule has 0 amide bonds. The van der Waals surface area contributed by atoms with E-state index >= 15 is 0 Å². The summed E-state index contributed by atoms with van der Waals surface area (Å²) in [7, 11) is 1.75. The van der Waals surface area contributed by atoms with E-state index < -0.39 is 0 Å². The van der Waals surface area contributed by atoms with Gasteiger partial charge in [0.05, 0.1) is 0 Å². The Morgan fingerprint density at radius 2 is 1.48 bits per heavy atom. The first-order valence-corrected chi connectivity index (χ1v) is 11.1. The van der Waals surface area contributed by atoms with Crippen molar-refractivity contribution in [1.29, 1.82) is 0 Å². The van der Waals surface area contributed by atoms with Crippen LogP contribution in [-0.2, 0) is 0 Å². The smallest absolute Gasteiger partial charge is 0.436 e. The van der Waals surface area contributed by atoms with Gasteiger partial charge in [0.25, 0.3) is 0 Å². The van der Waals surface area contributed by atoms with E-state index in [0.717, 1.165) is 24.2 Å². The average Bonchev–Trinajstić information content (AvgIpc) is 2.85. The first kappa shape index (κ1) is 33.5. The predicted molar refractivity (Wildman–Crippen MR) is 146 cm³/mol. The molecule has 0 atom stereocenters. The Labute approximate surface area is 246 Å². The van der Waals surface area contributed by atoms with Crippen molar-refractivity contribution in [2.75, 3.05) is 18.9 Å². The van der Waals surface area contributed by atoms with Crippen LogP contribution < -0.4 is 56.7 Å². The minimum absolute atomic E-state index is 0. The van der Waals surface area contributed by atoms with Crippen molar-refractivity contribution in [2.45, 2.75) is 41.0 Å². The molecule has 0 heterocycles. The van der Waals surface area contributed by atoms with Crippen LogP contribution in [-0.4, -0.2) is 19.8 Å². The number of nitrogens with one attached hydrogen (secondary N) is 1. The second-order valence-corrected chi connectivity index (χ2v) is 7.13. The van der Waals surface area contributed by atoms with Gasteiger partial charge in [0, 0.05) is 13.6 Å². The zero-order valence-corrected chi connectivity index (χ0v) is 24.9. The minimum Gasteiger partial charge on any atom is -0.436 e. The summed E-state index contributed by atoms with van der Waals surface area (Å²) in [5.74, 6) is 0. The molecule has 1 N–H and O–H groups in total. The number of benzene rings is 3. The Balaban J connectivity index is 0. The quantitative estimate of drug-likeness (QED) is 0.232. The van der Waals surface area contributed by atoms with Gasteiger partial charge in [-0.2, -0.15) is 48.9 Å². The van der Waals surface area contributed by atoms with E-state index in [9.17, 15) is 0 Å². The van der Waals surface area contributed by atoms with E-state index in [2.05, 4.69) is 80.5 Å². The second kappa shape index (κ2) is 23.5. The second-order valence-electron chi connectivity index (χ2n) is 7.13. The summed E-state index contributed by atoms with van der Waals surface area (Å²) >= 11 is 0. The monoisotopic (exact) mass is 467 g/mol. The third-order valence-corrected chi connectivity index (χ3v) is 4.19. The molecule has 0 aliphatic heterocycles. The number of rotatable bonds is 4. The van der Waals surface area contributed by atoms with E-state index in [-0.39, 0.29) is 51.4 Å². The first-order chi connectivity index (χ1) is 15.5. The maximum Gasteiger partial charge on any atom is 1.00 e. The van der Waals surface area contributed by atoms with Crippen molar-refractivity contribution in [3.8, 4) is 11.1 Å². The third kappa shape index (κ3) is 18.5. The summed E-state index contributed by atoms with van der Waals surface area (Å²) in [5, 5.41) is 3.43. The molecular weight excluding hydrogens is 427 g/mol. The molecule has 3 aromatic rings. The Morgan fingerprint density at radius 3 is 1.88 bits per heavy atom. The van der Waals surface area contributed by atoms with Crippen molar-refractivity contribution in [3.63, 3.8) is 0 Å². The van der Waals surface area contributed by atoms with Crippen molar-refractivity contribution in [1.82, 2.24) is 0 Å². The molecule has 33 heavy (non-hydrogen) atoms. The van der Waals surface area contributed by atoms with Crippen molar-refractivity contribution >= 4 is 11.9 Å². The maximum atomic E-state index is 3.72. The molecule has 0 radical (unpaired) electrons. The summed E-state index contributed by atoms with van der Waals surface area (Å²) in [5.41, 5.74) is 6.10. The number of allylic oxidation sites excluding steroid dienone is 2. The molecule has 0 aromatic heterocycles. The largest absolute Gasteiger partial charge is 1.00 e. The fraction of sp³-hybridized carbons (Fsp3) is 0.267. The van der Waals surface area contributed by atoms with Crippen molar-refractivity contribution in [3.05, 3.63) is 109 Å². The molecule has 0 aliphatic carbocycles. The average molecular weight is 468 g/mol. The molecule has 0 saturated carbocycles. The van der Waals surface area contributed by atoms with Gasteiger partial charge >= 0.3 is 51.4 Å². The predicted octanol–water partition coefficient (Wildman–Crippen LogP) is 5.53. The van der Waals surface area contributed by atoms with Crippen LogP contribution in [0, 0.1) is 13.0 Å². The number of aliphatic imine (C=N–C) groups is 1. The van der Waals surface area contributed by atoms with Crippen LogP contribution in [0.2, 0.25) is 0 Å². The normalized spacial score (nSPS) is 8.91. The molecular formula is C30H40KN2-. The number of hydrogen-bond acceptors (Lipinski definition) is 2. The number of nitrogens with zero attached hydrogens (tertiary/aromatic N) is 1. The minimum atomic E-state index is 0. The van der Waals surface area contributed by atoms with Gasteiger partial charge in [0.15, 0.2) is 0 Å². The van der Waals surface area contributed by atoms with Crippen LogP contribution in [0.1, 0.15) is 46.6 Å². The van der Waals surface area contributed by atoms with Crippen LogP contribution in [0.25, 0.3) is 11.1 Å². The van der Waals surface area contributed by atoms with E-state index in [1.54, 1.807) is 13.3 Å². The molecule has 3 heteroatoms. The van der Waals surface area contributed by atoms with Gasteiger partial charge in [-0.1, -0.05) is 60.7 Å². The van der Waals surface area contributed by atoms with Gasteiger partial charge in [-0.3, -0.25) is 0 Å². The van der Waals surface area contributed by atoms with Crippen LogP contribution >= 0.6 is 0 Å². The molecule has 3 aromatic carbocycles. The summed E-state index contributed by atoms with van der Waals surface area (Å²) in [6, 6.07) is 29.5. The van der Waals surface area contributed by atoms with Gasteiger partial charge in [-0.25, -0.2) is 0 Å². The van der Waals surface area contributed by atoms with Crippen molar-refractivity contribution in [2.24, 2.45) is 4.99 Å². The Bertz CT molecular complexity index is 864. The zero-order valence-electron chi connectivity index (χ0n) is 21.7. The van der Waals surface area contributed by atoms with E-state index in [1.807, 2.05) is 62.4 Å². The summed E-state index contributed by atoms with van der Waals surface area (Å²) < 4.78 is 0. The van der Waals surface area contributed by atoms with E-state index in [4.69, 9.17) is 0 Å². The summed E-state index contributed by atoms with van der Waals surface area (Å²) in [6.45, 7) is 15.0. The fourth-order valence-corrected chi connectivity index (χ4v) is 2.18. The SMILES string of the molecule is CC=C(C)C.CC=NC.CCCNc1c[c-]ccc1-c1ccccc1.[CH2-]c1ccccc1.[K+]. The van der Waals surface area contributed by atoms with Gasteiger partial charge in [-0.15, -0.1) is 17.7 Å². The molecule has 0 unspecified atom stereocenters. The van der Waals surface area contributed by atoms with Gasteiger partial charge in [-0.05, 0) is 45.9 Å². The topological polar surface area (TPSA) is 24.4 Å². The number of hydrogen-bond donors (Lipinski definition) is 1. The van der Waals surface area contributed by atoms with E-state index in [0.29, 0.717) is 0 Å². The molecule has 0 fully saturated rings. The van der Waals surface area contributed by atoms with Crippen LogP contribution in [0.15, 0.2) is 95.5 Å². The van der Waals surface area contributed by atoms with Crippen LogP contribution in [0.4, 0.5) is 5.69 Å². The van der Waals surface area contributed by atoms with Crippen LogP contribution in [0.3, 0.4) is 0 Å². The Morgan fingerprint density at radius 1 is 0.970 bits per heavy atom. The molecule has 0 spiro atoms. The Hall–Kier alpha value is -1.62. The molecule has 0 bridgehead atoms. The third-order valence-electron chi connectivity index (χ3n) is 4.19. The van der Waals surface area contributed by atoms with Gasteiger partial charge < -0.3 is 10.3 Å². The van der Waals surface area contributed by atoms with Crippen LogP contribution in [0.5, 0.6) is 0 Å². The number of anilines is 1.